The third-order valence-corrected chi connectivity index (χ3v) is 6.19. The van der Waals surface area contributed by atoms with Gasteiger partial charge in [-0.25, -0.2) is 8.42 Å². The van der Waals surface area contributed by atoms with Crippen LogP contribution in [0, 0.1) is 29.6 Å². The molecule has 0 radical (unpaired) electrons. The van der Waals surface area contributed by atoms with Crippen molar-refractivity contribution in [2.24, 2.45) is 11.3 Å². The van der Waals surface area contributed by atoms with Gasteiger partial charge in [0.05, 0.1) is 16.5 Å². The largest absolute Gasteiger partial charge is 0.243 e. The molecular weight excluding hydrogens is 284 g/mol. The minimum absolute atomic E-state index is 0.116. The summed E-state index contributed by atoms with van der Waals surface area (Å²) in [5.74, 6) is 0.381. The van der Waals surface area contributed by atoms with E-state index in [0.717, 1.165) is 6.42 Å². The van der Waals surface area contributed by atoms with E-state index in [1.165, 1.54) is 6.07 Å². The summed E-state index contributed by atoms with van der Waals surface area (Å²) in [5.41, 5.74) is 1.33. The SMILES string of the molecule is Cc1cc(S(=O)(=O)N2CCC(C(C)(C)C)C2)ccc1C#N. The molecule has 1 aliphatic heterocycles. The second kappa shape index (κ2) is 5.43. The summed E-state index contributed by atoms with van der Waals surface area (Å²) in [4.78, 5) is 0.286. The number of aryl methyl sites for hydroxylation is 1. The Kier molecular flexibility index (Phi) is 4.14. The highest BCUT2D eigenvalue weighted by molar-refractivity contribution is 7.89. The Balaban J connectivity index is 2.28. The van der Waals surface area contributed by atoms with Crippen LogP contribution >= 0.6 is 0 Å². The van der Waals surface area contributed by atoms with Crippen molar-refractivity contribution in [2.45, 2.75) is 39.0 Å². The Hall–Kier alpha value is -1.38. The molecule has 1 aromatic rings. The normalized spacial score (nSPS) is 20.4. The number of nitriles is 1. The first kappa shape index (κ1) is 16.0. The van der Waals surface area contributed by atoms with Crippen LogP contribution in [0.2, 0.25) is 0 Å². The maximum absolute atomic E-state index is 12.7. The molecule has 1 saturated heterocycles. The summed E-state index contributed by atoms with van der Waals surface area (Å²) in [7, 11) is -3.46. The van der Waals surface area contributed by atoms with E-state index in [-0.39, 0.29) is 10.3 Å². The molecule has 4 nitrogen and oxygen atoms in total. The highest BCUT2D eigenvalue weighted by Gasteiger charge is 2.37. The van der Waals surface area contributed by atoms with Crippen LogP contribution in [0.1, 0.15) is 38.3 Å². The monoisotopic (exact) mass is 306 g/mol. The highest BCUT2D eigenvalue weighted by atomic mass is 32.2. The van der Waals surface area contributed by atoms with Crippen LogP contribution in [0.5, 0.6) is 0 Å². The predicted molar refractivity (Wildman–Crippen MR) is 82.2 cm³/mol. The van der Waals surface area contributed by atoms with E-state index in [1.807, 2.05) is 0 Å². The summed E-state index contributed by atoms with van der Waals surface area (Å²) < 4.78 is 27.0. The molecule has 0 amide bonds. The molecule has 0 aliphatic carbocycles. The zero-order chi connectivity index (χ0) is 15.8. The van der Waals surface area contributed by atoms with Crippen molar-refractivity contribution in [3.8, 4) is 6.07 Å². The molecule has 1 aromatic carbocycles. The second-order valence-corrected chi connectivity index (χ2v) is 8.74. The molecule has 1 fully saturated rings. The number of nitrogens with zero attached hydrogens (tertiary/aromatic N) is 2. The molecule has 1 aliphatic rings. The van der Waals surface area contributed by atoms with Gasteiger partial charge in [-0.05, 0) is 48.4 Å². The predicted octanol–water partition coefficient (Wildman–Crippen LogP) is 2.92. The molecular formula is C16H22N2O2S. The van der Waals surface area contributed by atoms with Gasteiger partial charge in [0.25, 0.3) is 0 Å². The smallest absolute Gasteiger partial charge is 0.207 e. The van der Waals surface area contributed by atoms with E-state index in [4.69, 9.17) is 5.26 Å². The zero-order valence-corrected chi connectivity index (χ0v) is 13.9. The third-order valence-electron chi connectivity index (χ3n) is 4.33. The quantitative estimate of drug-likeness (QED) is 0.844. The van der Waals surface area contributed by atoms with Gasteiger partial charge in [0.1, 0.15) is 0 Å². The van der Waals surface area contributed by atoms with Crippen LogP contribution in [0.4, 0.5) is 0 Å². The van der Waals surface area contributed by atoms with Gasteiger partial charge in [0.15, 0.2) is 0 Å². The number of benzene rings is 1. The number of hydrogen-bond acceptors (Lipinski definition) is 3. The van der Waals surface area contributed by atoms with Crippen molar-refractivity contribution in [3.05, 3.63) is 29.3 Å². The summed E-state index contributed by atoms with van der Waals surface area (Å²) in [6, 6.07) is 6.77. The molecule has 0 bridgehead atoms. The van der Waals surface area contributed by atoms with E-state index in [0.29, 0.717) is 30.1 Å². The fourth-order valence-electron chi connectivity index (χ4n) is 2.72. The van der Waals surface area contributed by atoms with Crippen LogP contribution in [0.15, 0.2) is 23.1 Å². The average molecular weight is 306 g/mol. The minimum Gasteiger partial charge on any atom is -0.207 e. The van der Waals surface area contributed by atoms with Gasteiger partial charge in [-0.15, -0.1) is 0 Å². The van der Waals surface area contributed by atoms with Gasteiger partial charge in [-0.1, -0.05) is 20.8 Å². The number of rotatable bonds is 2. The molecule has 0 N–H and O–H groups in total. The molecule has 0 spiro atoms. The minimum atomic E-state index is -3.46. The first-order chi connectivity index (χ1) is 9.66. The van der Waals surface area contributed by atoms with Crippen molar-refractivity contribution in [2.75, 3.05) is 13.1 Å². The highest BCUT2D eigenvalue weighted by Crippen LogP contribution is 2.35. The van der Waals surface area contributed by atoms with Gasteiger partial charge in [0, 0.05) is 13.1 Å². The van der Waals surface area contributed by atoms with Gasteiger partial charge in [-0.2, -0.15) is 9.57 Å². The van der Waals surface area contributed by atoms with Crippen molar-refractivity contribution in [1.82, 2.24) is 4.31 Å². The van der Waals surface area contributed by atoms with Crippen LogP contribution < -0.4 is 0 Å². The van der Waals surface area contributed by atoms with Gasteiger partial charge in [0.2, 0.25) is 10.0 Å². The van der Waals surface area contributed by atoms with Crippen molar-refractivity contribution in [1.29, 1.82) is 5.26 Å². The lowest BCUT2D eigenvalue weighted by Crippen LogP contribution is -2.31. The Labute approximate surface area is 127 Å². The van der Waals surface area contributed by atoms with E-state index in [1.54, 1.807) is 23.4 Å². The van der Waals surface area contributed by atoms with Crippen LogP contribution in [0.25, 0.3) is 0 Å². The van der Waals surface area contributed by atoms with Crippen molar-refractivity contribution < 1.29 is 8.42 Å². The molecule has 1 unspecified atom stereocenters. The summed E-state index contributed by atoms with van der Waals surface area (Å²) in [6.45, 7) is 9.37. The lowest BCUT2D eigenvalue weighted by Gasteiger charge is -2.26. The van der Waals surface area contributed by atoms with E-state index >= 15 is 0 Å². The third kappa shape index (κ3) is 3.12. The fourth-order valence-corrected chi connectivity index (χ4v) is 4.31. The molecule has 114 valence electrons. The molecule has 1 heterocycles. The maximum atomic E-state index is 12.7. The Bertz CT molecular complexity index is 681. The number of hydrogen-bond donors (Lipinski definition) is 0. The topological polar surface area (TPSA) is 61.2 Å². The van der Waals surface area contributed by atoms with Crippen LogP contribution in [-0.4, -0.2) is 25.8 Å². The molecule has 2 rings (SSSR count). The van der Waals surface area contributed by atoms with Gasteiger partial charge >= 0.3 is 0 Å². The first-order valence-electron chi connectivity index (χ1n) is 7.17. The molecule has 0 saturated carbocycles. The van der Waals surface area contributed by atoms with Gasteiger partial charge < -0.3 is 0 Å². The molecule has 1 atom stereocenters. The summed E-state index contributed by atoms with van der Waals surface area (Å²) in [6.07, 6.45) is 0.901. The second-order valence-electron chi connectivity index (χ2n) is 6.80. The molecule has 21 heavy (non-hydrogen) atoms. The molecule has 0 aromatic heterocycles. The van der Waals surface area contributed by atoms with E-state index in [9.17, 15) is 8.42 Å². The van der Waals surface area contributed by atoms with Gasteiger partial charge in [-0.3, -0.25) is 0 Å². The van der Waals surface area contributed by atoms with Crippen LogP contribution in [0.3, 0.4) is 0 Å². The lowest BCUT2D eigenvalue weighted by molar-refractivity contribution is 0.252. The van der Waals surface area contributed by atoms with Crippen molar-refractivity contribution in [3.63, 3.8) is 0 Å². The van der Waals surface area contributed by atoms with E-state index in [2.05, 4.69) is 26.8 Å². The Morgan fingerprint density at radius 1 is 1.33 bits per heavy atom. The summed E-state index contributed by atoms with van der Waals surface area (Å²) in [5, 5.41) is 8.94. The lowest BCUT2D eigenvalue weighted by atomic mass is 9.80. The first-order valence-corrected chi connectivity index (χ1v) is 8.61. The molecule has 5 heteroatoms. The standard InChI is InChI=1S/C16H22N2O2S/c1-12-9-15(6-5-13(12)10-17)21(19,20)18-8-7-14(11-18)16(2,3)4/h5-6,9,14H,7-8,11H2,1-4H3. The Morgan fingerprint density at radius 3 is 2.48 bits per heavy atom. The van der Waals surface area contributed by atoms with E-state index < -0.39 is 10.0 Å². The fraction of sp³-hybridized carbons (Fsp3) is 0.562. The van der Waals surface area contributed by atoms with Crippen molar-refractivity contribution >= 4 is 10.0 Å². The average Bonchev–Trinajstić information content (AvgIpc) is 2.88. The maximum Gasteiger partial charge on any atom is 0.243 e. The number of sulfonamides is 1. The Morgan fingerprint density at radius 2 is 2.00 bits per heavy atom. The summed E-state index contributed by atoms with van der Waals surface area (Å²) >= 11 is 0. The zero-order valence-electron chi connectivity index (χ0n) is 13.0. The van der Waals surface area contributed by atoms with Crippen LogP contribution in [-0.2, 0) is 10.0 Å².